The topological polar surface area (TPSA) is 25.2 Å². The third-order valence-electron chi connectivity index (χ3n) is 2.58. The smallest absolute Gasteiger partial charge is 0.127 e. The molecule has 17 heavy (non-hydrogen) atoms. The van der Waals surface area contributed by atoms with Gasteiger partial charge in [0.15, 0.2) is 0 Å². The molecule has 0 aliphatic heterocycles. The predicted molar refractivity (Wildman–Crippen MR) is 68.1 cm³/mol. The molecule has 0 bridgehead atoms. The van der Waals surface area contributed by atoms with Gasteiger partial charge in [0.2, 0.25) is 0 Å². The van der Waals surface area contributed by atoms with Crippen LogP contribution in [0.5, 0.6) is 0 Å². The fourth-order valence-electron chi connectivity index (χ4n) is 1.58. The molecule has 0 fully saturated rings. The lowest BCUT2D eigenvalue weighted by Gasteiger charge is -2.12. The van der Waals surface area contributed by atoms with Crippen LogP contribution in [-0.2, 0) is 6.54 Å². The normalized spacial score (nSPS) is 12.6. The van der Waals surface area contributed by atoms with Crippen molar-refractivity contribution >= 4 is 15.9 Å². The maximum absolute atomic E-state index is 13.5. The number of halogens is 2. The summed E-state index contributed by atoms with van der Waals surface area (Å²) in [5.74, 6) is 0.646. The first-order valence-electron chi connectivity index (χ1n) is 5.37. The van der Waals surface area contributed by atoms with Gasteiger partial charge in [-0.25, -0.2) is 4.39 Å². The molecule has 0 aliphatic rings. The molecule has 0 saturated heterocycles. The summed E-state index contributed by atoms with van der Waals surface area (Å²) < 4.78 is 19.6. The minimum Gasteiger partial charge on any atom is -0.468 e. The molecule has 4 heteroatoms. The van der Waals surface area contributed by atoms with Gasteiger partial charge in [-0.1, -0.05) is 15.9 Å². The Morgan fingerprint density at radius 1 is 1.41 bits per heavy atom. The summed E-state index contributed by atoms with van der Waals surface area (Å²) >= 11 is 3.33. The van der Waals surface area contributed by atoms with Gasteiger partial charge in [-0.05, 0) is 37.3 Å². The summed E-state index contributed by atoms with van der Waals surface area (Å²) in [4.78, 5) is 0. The van der Waals surface area contributed by atoms with Crippen LogP contribution in [0.3, 0.4) is 0 Å². The number of nitrogens with one attached hydrogen (secondary N) is 1. The van der Waals surface area contributed by atoms with Crippen LogP contribution in [0, 0.1) is 5.82 Å². The summed E-state index contributed by atoms with van der Waals surface area (Å²) in [6.07, 6.45) is 1.63. The molecule has 1 aromatic heterocycles. The van der Waals surface area contributed by atoms with Crippen LogP contribution in [0.15, 0.2) is 45.5 Å². The molecule has 2 aromatic rings. The van der Waals surface area contributed by atoms with E-state index in [1.54, 1.807) is 18.4 Å². The van der Waals surface area contributed by atoms with Gasteiger partial charge in [-0.15, -0.1) is 0 Å². The zero-order chi connectivity index (χ0) is 12.3. The van der Waals surface area contributed by atoms with E-state index < -0.39 is 0 Å². The molecule has 2 nitrogen and oxygen atoms in total. The minimum atomic E-state index is -0.202. The molecule has 0 aliphatic carbocycles. The zero-order valence-corrected chi connectivity index (χ0v) is 11.0. The van der Waals surface area contributed by atoms with Gasteiger partial charge in [0.25, 0.3) is 0 Å². The van der Waals surface area contributed by atoms with Crippen LogP contribution in [0.1, 0.15) is 24.3 Å². The van der Waals surface area contributed by atoms with Crippen molar-refractivity contribution in [3.63, 3.8) is 0 Å². The summed E-state index contributed by atoms with van der Waals surface area (Å²) in [6, 6.07) is 8.72. The van der Waals surface area contributed by atoms with Crippen LogP contribution < -0.4 is 5.32 Å². The largest absolute Gasteiger partial charge is 0.468 e. The van der Waals surface area contributed by atoms with Crippen LogP contribution >= 0.6 is 15.9 Å². The third-order valence-corrected chi connectivity index (χ3v) is 3.07. The molecule has 1 N–H and O–H groups in total. The van der Waals surface area contributed by atoms with E-state index >= 15 is 0 Å². The quantitative estimate of drug-likeness (QED) is 0.922. The first-order valence-corrected chi connectivity index (χ1v) is 6.17. The summed E-state index contributed by atoms with van der Waals surface area (Å²) in [6.45, 7) is 2.45. The molecule has 0 amide bonds. The molecule has 0 spiro atoms. The lowest BCUT2D eigenvalue weighted by molar-refractivity contribution is 0.427. The number of hydrogen-bond acceptors (Lipinski definition) is 2. The molecular formula is C13H13BrFNO. The van der Waals surface area contributed by atoms with E-state index in [2.05, 4.69) is 21.2 Å². The molecule has 0 unspecified atom stereocenters. The van der Waals surface area contributed by atoms with Gasteiger partial charge in [0, 0.05) is 16.6 Å². The first kappa shape index (κ1) is 12.3. The standard InChI is InChI=1S/C13H13BrFNO/c1-9(13-3-2-6-17-13)16-8-10-7-11(14)4-5-12(10)15/h2-7,9,16H,8H2,1H3/t9-/m1/s1. The molecular weight excluding hydrogens is 285 g/mol. The highest BCUT2D eigenvalue weighted by Crippen LogP contribution is 2.17. The van der Waals surface area contributed by atoms with Gasteiger partial charge >= 0.3 is 0 Å². The van der Waals surface area contributed by atoms with E-state index in [4.69, 9.17) is 4.42 Å². The van der Waals surface area contributed by atoms with Crippen molar-refractivity contribution in [2.45, 2.75) is 19.5 Å². The van der Waals surface area contributed by atoms with Crippen LogP contribution in [0.2, 0.25) is 0 Å². The van der Waals surface area contributed by atoms with Crippen molar-refractivity contribution in [2.75, 3.05) is 0 Å². The monoisotopic (exact) mass is 297 g/mol. The van der Waals surface area contributed by atoms with Crippen molar-refractivity contribution in [2.24, 2.45) is 0 Å². The van der Waals surface area contributed by atoms with Gasteiger partial charge < -0.3 is 9.73 Å². The van der Waals surface area contributed by atoms with E-state index in [1.165, 1.54) is 6.07 Å². The molecule has 1 aromatic carbocycles. The van der Waals surface area contributed by atoms with E-state index in [1.807, 2.05) is 19.1 Å². The average molecular weight is 298 g/mol. The van der Waals surface area contributed by atoms with Gasteiger partial charge in [-0.2, -0.15) is 0 Å². The maximum atomic E-state index is 13.5. The fourth-order valence-corrected chi connectivity index (χ4v) is 1.99. The number of hydrogen-bond donors (Lipinski definition) is 1. The third kappa shape index (κ3) is 3.17. The molecule has 0 saturated carbocycles. The Kier molecular flexibility index (Phi) is 3.97. The lowest BCUT2D eigenvalue weighted by Crippen LogP contribution is -2.18. The van der Waals surface area contributed by atoms with Crippen molar-refractivity contribution in [1.29, 1.82) is 0 Å². The summed E-state index contributed by atoms with van der Waals surface area (Å²) in [5, 5.41) is 3.21. The Labute approximate surface area is 108 Å². The average Bonchev–Trinajstić information content (AvgIpc) is 2.83. The minimum absolute atomic E-state index is 0.0587. The Hall–Kier alpha value is -1.13. The second-order valence-electron chi connectivity index (χ2n) is 3.85. The molecule has 1 atom stereocenters. The van der Waals surface area contributed by atoms with Gasteiger partial charge in [-0.3, -0.25) is 0 Å². The van der Waals surface area contributed by atoms with E-state index in [-0.39, 0.29) is 11.9 Å². The Balaban J connectivity index is 2.00. The number of benzene rings is 1. The van der Waals surface area contributed by atoms with E-state index in [0.29, 0.717) is 12.1 Å². The van der Waals surface area contributed by atoms with Crippen molar-refractivity contribution < 1.29 is 8.81 Å². The van der Waals surface area contributed by atoms with E-state index in [0.717, 1.165) is 10.2 Å². The van der Waals surface area contributed by atoms with Crippen molar-refractivity contribution in [3.8, 4) is 0 Å². The Morgan fingerprint density at radius 2 is 2.24 bits per heavy atom. The van der Waals surface area contributed by atoms with Gasteiger partial charge in [0.05, 0.1) is 12.3 Å². The highest BCUT2D eigenvalue weighted by Gasteiger charge is 2.09. The molecule has 90 valence electrons. The van der Waals surface area contributed by atoms with Crippen LogP contribution in [-0.4, -0.2) is 0 Å². The number of furan rings is 1. The molecule has 2 rings (SSSR count). The summed E-state index contributed by atoms with van der Waals surface area (Å²) in [7, 11) is 0. The van der Waals surface area contributed by atoms with Crippen LogP contribution in [0.4, 0.5) is 4.39 Å². The van der Waals surface area contributed by atoms with Crippen LogP contribution in [0.25, 0.3) is 0 Å². The maximum Gasteiger partial charge on any atom is 0.127 e. The second-order valence-corrected chi connectivity index (χ2v) is 4.77. The Morgan fingerprint density at radius 3 is 2.94 bits per heavy atom. The van der Waals surface area contributed by atoms with Gasteiger partial charge in [0.1, 0.15) is 11.6 Å². The zero-order valence-electron chi connectivity index (χ0n) is 9.41. The lowest BCUT2D eigenvalue weighted by atomic mass is 10.2. The van der Waals surface area contributed by atoms with Crippen molar-refractivity contribution in [3.05, 3.63) is 58.2 Å². The SMILES string of the molecule is C[C@@H](NCc1cc(Br)ccc1F)c1ccco1. The molecule has 1 heterocycles. The molecule has 0 radical (unpaired) electrons. The highest BCUT2D eigenvalue weighted by molar-refractivity contribution is 9.10. The van der Waals surface area contributed by atoms with Crippen molar-refractivity contribution in [1.82, 2.24) is 5.32 Å². The Bertz CT molecular complexity index is 484. The predicted octanol–water partition coefficient (Wildman–Crippen LogP) is 4.03. The first-order chi connectivity index (χ1) is 8.16. The number of rotatable bonds is 4. The fraction of sp³-hybridized carbons (Fsp3) is 0.231. The van der Waals surface area contributed by atoms with E-state index in [9.17, 15) is 4.39 Å². The summed E-state index contributed by atoms with van der Waals surface area (Å²) in [5.41, 5.74) is 0.637. The highest BCUT2D eigenvalue weighted by atomic mass is 79.9. The second kappa shape index (κ2) is 5.47.